The third-order valence-corrected chi connectivity index (χ3v) is 5.62. The minimum atomic E-state index is 1.21. The van der Waals surface area contributed by atoms with Crippen molar-refractivity contribution in [1.29, 1.82) is 0 Å². The Labute approximate surface area is 170 Å². The van der Waals surface area contributed by atoms with Gasteiger partial charge in [0.1, 0.15) is 0 Å². The molecule has 0 aliphatic carbocycles. The standard InChI is InChI=1S/C22H16I2/c23-21-7-3-1-5-19(21)15-13-17-9-11-18(12-10-17)14-16-20-6-2-4-8-22(20)24/h1-16H/b15-13-,16-14+. The monoisotopic (exact) mass is 534 g/mol. The zero-order chi connectivity index (χ0) is 16.8. The maximum absolute atomic E-state index is 2.37. The van der Waals surface area contributed by atoms with E-state index < -0.39 is 0 Å². The second kappa shape index (κ2) is 8.62. The third kappa shape index (κ3) is 4.80. The molecule has 0 aliphatic heterocycles. The molecule has 0 N–H and O–H groups in total. The highest BCUT2D eigenvalue weighted by Crippen LogP contribution is 2.17. The Bertz CT molecular complexity index is 800. The summed E-state index contributed by atoms with van der Waals surface area (Å²) in [5.74, 6) is 0. The number of hydrogen-bond acceptors (Lipinski definition) is 0. The minimum absolute atomic E-state index is 1.21. The average molecular weight is 534 g/mol. The summed E-state index contributed by atoms with van der Waals surface area (Å²) in [5.41, 5.74) is 4.92. The Hall–Kier alpha value is -1.40. The molecule has 0 bridgehead atoms. The zero-order valence-corrected chi connectivity index (χ0v) is 17.3. The summed E-state index contributed by atoms with van der Waals surface area (Å²) in [5, 5.41) is 0. The first-order valence-corrected chi connectivity index (χ1v) is 9.83. The van der Waals surface area contributed by atoms with Gasteiger partial charge in [-0.05, 0) is 79.6 Å². The number of hydrogen-bond donors (Lipinski definition) is 0. The van der Waals surface area contributed by atoms with Gasteiger partial charge in [0, 0.05) is 7.14 Å². The van der Waals surface area contributed by atoms with Gasteiger partial charge in [-0.15, -0.1) is 0 Å². The Morgan fingerprint density at radius 1 is 0.458 bits per heavy atom. The smallest absolute Gasteiger partial charge is 0.0202 e. The van der Waals surface area contributed by atoms with Crippen molar-refractivity contribution in [3.8, 4) is 0 Å². The van der Waals surface area contributed by atoms with Crippen LogP contribution in [0.3, 0.4) is 0 Å². The lowest BCUT2D eigenvalue weighted by Gasteiger charge is -2.00. The van der Waals surface area contributed by atoms with E-state index in [1.165, 1.54) is 29.4 Å². The zero-order valence-electron chi connectivity index (χ0n) is 13.0. The largest absolute Gasteiger partial charge is 0.0616 e. The lowest BCUT2D eigenvalue weighted by Crippen LogP contribution is -1.79. The second-order valence-electron chi connectivity index (χ2n) is 5.38. The van der Waals surface area contributed by atoms with Crippen LogP contribution in [0.5, 0.6) is 0 Å². The lowest BCUT2D eigenvalue weighted by molar-refractivity contribution is 1.59. The Morgan fingerprint density at radius 2 is 0.833 bits per heavy atom. The Morgan fingerprint density at radius 3 is 1.21 bits per heavy atom. The van der Waals surface area contributed by atoms with Gasteiger partial charge >= 0.3 is 0 Å². The van der Waals surface area contributed by atoms with Crippen molar-refractivity contribution >= 4 is 69.5 Å². The fourth-order valence-corrected chi connectivity index (χ4v) is 3.45. The van der Waals surface area contributed by atoms with E-state index in [2.05, 4.69) is 142 Å². The Balaban J connectivity index is 1.72. The first kappa shape index (κ1) is 17.4. The van der Waals surface area contributed by atoms with E-state index in [1.54, 1.807) is 0 Å². The predicted octanol–water partition coefficient (Wildman–Crippen LogP) is 7.24. The molecule has 0 spiro atoms. The summed E-state index contributed by atoms with van der Waals surface area (Å²) in [6.07, 6.45) is 8.65. The fraction of sp³-hybridized carbons (Fsp3) is 0. The van der Waals surface area contributed by atoms with Gasteiger partial charge in [0.05, 0.1) is 0 Å². The molecule has 0 radical (unpaired) electrons. The molecule has 3 aromatic carbocycles. The first-order valence-electron chi connectivity index (χ1n) is 7.68. The first-order chi connectivity index (χ1) is 11.7. The maximum Gasteiger partial charge on any atom is 0.0202 e. The number of benzene rings is 3. The highest BCUT2D eigenvalue weighted by Gasteiger charge is 1.95. The number of halogens is 2. The van der Waals surface area contributed by atoms with Gasteiger partial charge in [0.15, 0.2) is 0 Å². The van der Waals surface area contributed by atoms with Crippen molar-refractivity contribution in [1.82, 2.24) is 0 Å². The van der Waals surface area contributed by atoms with Crippen LogP contribution < -0.4 is 0 Å². The molecule has 3 rings (SSSR count). The molecule has 0 heterocycles. The van der Waals surface area contributed by atoms with Gasteiger partial charge in [-0.3, -0.25) is 0 Å². The van der Waals surface area contributed by atoms with Crippen LogP contribution in [0.15, 0.2) is 72.8 Å². The van der Waals surface area contributed by atoms with Crippen LogP contribution in [0, 0.1) is 7.14 Å². The molecule has 0 saturated carbocycles. The summed E-state index contributed by atoms with van der Waals surface area (Å²) in [6, 6.07) is 25.4. The molecular formula is C22H16I2. The highest BCUT2D eigenvalue weighted by atomic mass is 127. The van der Waals surface area contributed by atoms with Gasteiger partial charge in [-0.2, -0.15) is 0 Å². The topological polar surface area (TPSA) is 0 Å². The molecule has 0 saturated heterocycles. The van der Waals surface area contributed by atoms with Crippen molar-refractivity contribution in [3.05, 3.63) is 102 Å². The van der Waals surface area contributed by atoms with Gasteiger partial charge < -0.3 is 0 Å². The molecule has 0 aromatic heterocycles. The van der Waals surface area contributed by atoms with E-state index in [9.17, 15) is 0 Å². The van der Waals surface area contributed by atoms with Crippen LogP contribution >= 0.6 is 45.2 Å². The van der Waals surface area contributed by atoms with Crippen LogP contribution in [0.4, 0.5) is 0 Å². The third-order valence-electron chi connectivity index (χ3n) is 3.66. The van der Waals surface area contributed by atoms with Crippen molar-refractivity contribution in [2.24, 2.45) is 0 Å². The Kier molecular flexibility index (Phi) is 6.26. The summed E-state index contributed by atoms with van der Waals surface area (Å²) >= 11 is 4.73. The van der Waals surface area contributed by atoms with E-state index in [1.807, 2.05) is 0 Å². The molecule has 0 aliphatic rings. The average Bonchev–Trinajstić information content (AvgIpc) is 2.61. The van der Waals surface area contributed by atoms with Gasteiger partial charge in [-0.1, -0.05) is 85.0 Å². The molecule has 0 fully saturated rings. The maximum atomic E-state index is 2.37. The molecular weight excluding hydrogens is 518 g/mol. The van der Waals surface area contributed by atoms with Crippen LogP contribution in [0.25, 0.3) is 24.3 Å². The van der Waals surface area contributed by atoms with E-state index in [-0.39, 0.29) is 0 Å². The molecule has 118 valence electrons. The van der Waals surface area contributed by atoms with Crippen LogP contribution in [-0.4, -0.2) is 0 Å². The fourth-order valence-electron chi connectivity index (χ4n) is 2.31. The van der Waals surface area contributed by atoms with Gasteiger partial charge in [-0.25, -0.2) is 0 Å². The van der Waals surface area contributed by atoms with E-state index >= 15 is 0 Å². The lowest BCUT2D eigenvalue weighted by atomic mass is 10.1. The van der Waals surface area contributed by atoms with Crippen molar-refractivity contribution in [2.45, 2.75) is 0 Å². The molecule has 0 atom stereocenters. The van der Waals surface area contributed by atoms with E-state index in [0.29, 0.717) is 0 Å². The van der Waals surface area contributed by atoms with Crippen molar-refractivity contribution in [3.63, 3.8) is 0 Å². The highest BCUT2D eigenvalue weighted by molar-refractivity contribution is 14.1. The SMILES string of the molecule is Ic1ccccc1/C=C\c1ccc(/C=C/c2ccccc2I)cc1. The molecule has 3 aromatic rings. The summed E-state index contributed by atoms with van der Waals surface area (Å²) < 4.78 is 2.53. The van der Waals surface area contributed by atoms with Crippen LogP contribution in [-0.2, 0) is 0 Å². The summed E-state index contributed by atoms with van der Waals surface area (Å²) in [4.78, 5) is 0. The molecule has 0 nitrogen and oxygen atoms in total. The molecule has 2 heteroatoms. The van der Waals surface area contributed by atoms with Crippen LogP contribution in [0.2, 0.25) is 0 Å². The minimum Gasteiger partial charge on any atom is -0.0616 e. The van der Waals surface area contributed by atoms with E-state index in [4.69, 9.17) is 0 Å². The molecule has 24 heavy (non-hydrogen) atoms. The van der Waals surface area contributed by atoms with Crippen molar-refractivity contribution in [2.75, 3.05) is 0 Å². The second-order valence-corrected chi connectivity index (χ2v) is 7.70. The van der Waals surface area contributed by atoms with Gasteiger partial charge in [0.2, 0.25) is 0 Å². The molecule has 0 unspecified atom stereocenters. The van der Waals surface area contributed by atoms with Crippen LogP contribution in [0.1, 0.15) is 22.3 Å². The quantitative estimate of drug-likeness (QED) is 0.245. The molecule has 0 amide bonds. The van der Waals surface area contributed by atoms with Gasteiger partial charge in [0.25, 0.3) is 0 Å². The number of rotatable bonds is 4. The summed E-state index contributed by atoms with van der Waals surface area (Å²) in [6.45, 7) is 0. The normalized spacial score (nSPS) is 11.4. The summed E-state index contributed by atoms with van der Waals surface area (Å²) in [7, 11) is 0. The van der Waals surface area contributed by atoms with E-state index in [0.717, 1.165) is 0 Å². The predicted molar refractivity (Wildman–Crippen MR) is 123 cm³/mol. The van der Waals surface area contributed by atoms with Crippen molar-refractivity contribution < 1.29 is 0 Å².